The molecule has 0 radical (unpaired) electrons. The van der Waals surface area contributed by atoms with E-state index in [1.54, 1.807) is 6.20 Å². The van der Waals surface area contributed by atoms with E-state index in [0.29, 0.717) is 23.5 Å². The minimum atomic E-state index is -0.517. The molecule has 0 aromatic carbocycles. The number of nitrogens with one attached hydrogen (secondary N) is 2. The van der Waals surface area contributed by atoms with Crippen molar-refractivity contribution in [2.45, 2.75) is 6.54 Å². The molecule has 3 rings (SSSR count). The van der Waals surface area contributed by atoms with Gasteiger partial charge in [0.25, 0.3) is 6.01 Å². The van der Waals surface area contributed by atoms with Gasteiger partial charge in [0.05, 0.1) is 13.7 Å². The van der Waals surface area contributed by atoms with Crippen molar-refractivity contribution < 1.29 is 14.3 Å². The number of halogens is 1. The molecule has 0 bridgehead atoms. The first-order chi connectivity index (χ1) is 11.2. The van der Waals surface area contributed by atoms with Gasteiger partial charge in [-0.2, -0.15) is 15.0 Å². The van der Waals surface area contributed by atoms with Crippen LogP contribution in [0.4, 0.5) is 5.82 Å². The summed E-state index contributed by atoms with van der Waals surface area (Å²) in [7, 11) is 1.27. The summed E-state index contributed by atoms with van der Waals surface area (Å²) in [5.41, 5.74) is 0.845. The number of hydrogen-bond donors (Lipinski definition) is 2. The van der Waals surface area contributed by atoms with Gasteiger partial charge >= 0.3 is 5.97 Å². The summed E-state index contributed by atoms with van der Waals surface area (Å²) in [5, 5.41) is 5.94. The van der Waals surface area contributed by atoms with Crippen molar-refractivity contribution in [2.75, 3.05) is 19.0 Å². The van der Waals surface area contributed by atoms with Crippen LogP contribution in [0.5, 0.6) is 6.01 Å². The number of aromatic nitrogens is 5. The Morgan fingerprint density at radius 1 is 1.43 bits per heavy atom. The highest BCUT2D eigenvalue weighted by Crippen LogP contribution is 2.23. The van der Waals surface area contributed by atoms with Gasteiger partial charge < -0.3 is 14.8 Å². The van der Waals surface area contributed by atoms with Crippen LogP contribution in [0.25, 0.3) is 11.2 Å². The number of imidazole rings is 1. The molecule has 0 saturated heterocycles. The number of nitrogens with zero attached hydrogens (tertiary/aromatic N) is 4. The van der Waals surface area contributed by atoms with Gasteiger partial charge in [0.15, 0.2) is 23.6 Å². The Hall–Kier alpha value is -2.46. The van der Waals surface area contributed by atoms with Crippen LogP contribution < -0.4 is 10.1 Å². The second-order valence-electron chi connectivity index (χ2n) is 4.22. The van der Waals surface area contributed by atoms with Crippen LogP contribution in [-0.4, -0.2) is 44.6 Å². The number of thiazole rings is 1. The molecule has 3 heterocycles. The van der Waals surface area contributed by atoms with Crippen molar-refractivity contribution in [2.24, 2.45) is 0 Å². The number of anilines is 1. The first-order valence-electron chi connectivity index (χ1n) is 6.41. The Balaban J connectivity index is 1.82. The molecule has 0 unspecified atom stereocenters. The van der Waals surface area contributed by atoms with Gasteiger partial charge in [0.2, 0.25) is 5.28 Å². The molecule has 0 amide bonds. The molecule has 2 N–H and O–H groups in total. The lowest BCUT2D eigenvalue weighted by molar-refractivity contribution is -0.143. The second kappa shape index (κ2) is 6.75. The summed E-state index contributed by atoms with van der Waals surface area (Å²) in [4.78, 5) is 30.5. The number of fused-ring (bicyclic) bond motifs is 1. The van der Waals surface area contributed by atoms with E-state index in [2.05, 4.69) is 35.0 Å². The third kappa shape index (κ3) is 3.66. The molecule has 0 aliphatic heterocycles. The molecule has 3 aromatic heterocycles. The van der Waals surface area contributed by atoms with Gasteiger partial charge in [-0.25, -0.2) is 9.78 Å². The van der Waals surface area contributed by atoms with Crippen LogP contribution in [-0.2, 0) is 16.1 Å². The zero-order chi connectivity index (χ0) is 16.2. The number of carbonyl (C=O) groups is 1. The predicted molar refractivity (Wildman–Crippen MR) is 83.6 cm³/mol. The summed E-state index contributed by atoms with van der Waals surface area (Å²) >= 11 is 7.42. The van der Waals surface area contributed by atoms with Gasteiger partial charge in [0.1, 0.15) is 5.01 Å². The quantitative estimate of drug-likeness (QED) is 0.507. The number of H-pyrrole nitrogens is 1. The highest BCUT2D eigenvalue weighted by Gasteiger charge is 2.14. The first kappa shape index (κ1) is 15.4. The number of carbonyl (C=O) groups excluding carboxylic acids is 1. The first-order valence-corrected chi connectivity index (χ1v) is 7.66. The zero-order valence-corrected chi connectivity index (χ0v) is 13.4. The van der Waals surface area contributed by atoms with E-state index in [1.165, 1.54) is 18.4 Å². The van der Waals surface area contributed by atoms with Crippen LogP contribution >= 0.6 is 22.9 Å². The van der Waals surface area contributed by atoms with Gasteiger partial charge in [-0.15, -0.1) is 11.3 Å². The van der Waals surface area contributed by atoms with E-state index in [4.69, 9.17) is 16.3 Å². The molecule has 0 fully saturated rings. The molecule has 3 aromatic rings. The summed E-state index contributed by atoms with van der Waals surface area (Å²) < 4.78 is 9.69. The normalized spacial score (nSPS) is 10.7. The SMILES string of the molecule is COC(=O)COc1nc2c(NCc3nccs3)nc(Cl)nc2[nH]1. The molecular weight excluding hydrogens is 344 g/mol. The molecule has 0 aliphatic rings. The number of methoxy groups -OCH3 is 1. The number of ether oxygens (including phenoxy) is 2. The van der Waals surface area contributed by atoms with Gasteiger partial charge in [-0.3, -0.25) is 4.98 Å². The lowest BCUT2D eigenvalue weighted by Crippen LogP contribution is -2.13. The van der Waals surface area contributed by atoms with Gasteiger partial charge in [-0.05, 0) is 11.6 Å². The maximum atomic E-state index is 11.1. The fourth-order valence-corrected chi connectivity index (χ4v) is 2.45. The summed E-state index contributed by atoms with van der Waals surface area (Å²) in [6.07, 6.45) is 1.72. The lowest BCUT2D eigenvalue weighted by atomic mass is 10.5. The monoisotopic (exact) mass is 354 g/mol. The third-order valence-electron chi connectivity index (χ3n) is 2.74. The van der Waals surface area contributed by atoms with Crippen LogP contribution in [0.3, 0.4) is 0 Å². The topological polar surface area (TPSA) is 115 Å². The average molecular weight is 355 g/mol. The minimum absolute atomic E-state index is 0.0577. The lowest BCUT2D eigenvalue weighted by Gasteiger charge is -2.03. The maximum absolute atomic E-state index is 11.1. The number of rotatable bonds is 6. The molecule has 120 valence electrons. The number of hydrogen-bond acceptors (Lipinski definition) is 9. The molecule has 0 spiro atoms. The summed E-state index contributed by atoms with van der Waals surface area (Å²) in [6.45, 7) is 0.213. The molecule has 0 atom stereocenters. The van der Waals surface area contributed by atoms with E-state index in [0.717, 1.165) is 5.01 Å². The van der Waals surface area contributed by atoms with Crippen molar-refractivity contribution in [3.05, 3.63) is 21.9 Å². The van der Waals surface area contributed by atoms with Crippen LogP contribution in [0.1, 0.15) is 5.01 Å². The molecule has 11 heteroatoms. The fourth-order valence-electron chi connectivity index (χ4n) is 1.73. The van der Waals surface area contributed by atoms with E-state index < -0.39 is 5.97 Å². The van der Waals surface area contributed by atoms with Gasteiger partial charge in [0, 0.05) is 11.6 Å². The Labute approximate surface area is 139 Å². The number of esters is 1. The van der Waals surface area contributed by atoms with Crippen molar-refractivity contribution in [3.63, 3.8) is 0 Å². The molecule has 0 aliphatic carbocycles. The van der Waals surface area contributed by atoms with Crippen molar-refractivity contribution in [1.82, 2.24) is 24.9 Å². The molecule has 23 heavy (non-hydrogen) atoms. The van der Waals surface area contributed by atoms with E-state index in [1.807, 2.05) is 5.38 Å². The smallest absolute Gasteiger partial charge is 0.344 e. The van der Waals surface area contributed by atoms with Gasteiger partial charge in [-0.1, -0.05) is 0 Å². The van der Waals surface area contributed by atoms with Crippen LogP contribution in [0, 0.1) is 0 Å². The Bertz CT molecular complexity index is 822. The molecule has 0 saturated carbocycles. The van der Waals surface area contributed by atoms with Crippen molar-refractivity contribution >= 4 is 45.9 Å². The van der Waals surface area contributed by atoms with Crippen LogP contribution in [0.15, 0.2) is 11.6 Å². The third-order valence-corrected chi connectivity index (χ3v) is 3.69. The predicted octanol–water partition coefficient (Wildman–Crippen LogP) is 1.63. The van der Waals surface area contributed by atoms with Crippen LogP contribution in [0.2, 0.25) is 5.28 Å². The highest BCUT2D eigenvalue weighted by atomic mass is 35.5. The van der Waals surface area contributed by atoms with E-state index in [-0.39, 0.29) is 17.9 Å². The molecular formula is C12H11ClN6O3S. The fraction of sp³-hybridized carbons (Fsp3) is 0.250. The Morgan fingerprint density at radius 2 is 2.30 bits per heavy atom. The second-order valence-corrected chi connectivity index (χ2v) is 5.54. The standard InChI is InChI=1S/C12H11ClN6O3S/c1-21-7(20)5-22-12-16-8-9(15-4-6-14-2-3-23-6)17-11(13)18-10(8)19-12/h2-3H,4-5H2,1H3,(H2,15,16,17,18,19). The maximum Gasteiger partial charge on any atom is 0.344 e. The Kier molecular flexibility index (Phi) is 4.53. The van der Waals surface area contributed by atoms with Crippen molar-refractivity contribution in [3.8, 4) is 6.01 Å². The highest BCUT2D eigenvalue weighted by molar-refractivity contribution is 7.09. The largest absolute Gasteiger partial charge is 0.466 e. The van der Waals surface area contributed by atoms with E-state index >= 15 is 0 Å². The summed E-state index contributed by atoms with van der Waals surface area (Å²) in [5.74, 6) is -0.0731. The number of aromatic amines is 1. The zero-order valence-electron chi connectivity index (χ0n) is 11.9. The average Bonchev–Trinajstić information content (AvgIpc) is 3.19. The van der Waals surface area contributed by atoms with E-state index in [9.17, 15) is 4.79 Å². The molecule has 9 nitrogen and oxygen atoms in total. The summed E-state index contributed by atoms with van der Waals surface area (Å²) in [6, 6.07) is 0.124. The Morgan fingerprint density at radius 3 is 3.04 bits per heavy atom. The minimum Gasteiger partial charge on any atom is -0.466 e. The van der Waals surface area contributed by atoms with Crippen molar-refractivity contribution in [1.29, 1.82) is 0 Å².